The molecule has 0 atom stereocenters. The third kappa shape index (κ3) is 2.76. The predicted molar refractivity (Wildman–Crippen MR) is 56.0 cm³/mol. The van der Waals surface area contributed by atoms with E-state index in [1.54, 1.807) is 6.07 Å². The molecule has 1 heteroatoms. The van der Waals surface area contributed by atoms with Gasteiger partial charge in [0.1, 0.15) is 5.75 Å². The van der Waals surface area contributed by atoms with Gasteiger partial charge in [0.05, 0.1) is 0 Å². The van der Waals surface area contributed by atoms with Gasteiger partial charge in [-0.05, 0) is 36.0 Å². The van der Waals surface area contributed by atoms with Crippen LogP contribution < -0.4 is 0 Å². The van der Waals surface area contributed by atoms with E-state index in [4.69, 9.17) is 0 Å². The zero-order valence-corrected chi connectivity index (χ0v) is 8.67. The van der Waals surface area contributed by atoms with E-state index in [1.165, 1.54) is 5.56 Å². The second kappa shape index (κ2) is 4.31. The molecule has 0 amide bonds. The lowest BCUT2D eigenvalue weighted by molar-refractivity contribution is 0.468. The van der Waals surface area contributed by atoms with Gasteiger partial charge in [0.2, 0.25) is 0 Å². The Balaban J connectivity index is 2.86. The van der Waals surface area contributed by atoms with Crippen molar-refractivity contribution in [2.75, 3.05) is 0 Å². The van der Waals surface area contributed by atoms with Gasteiger partial charge in [0.15, 0.2) is 0 Å². The van der Waals surface area contributed by atoms with Crippen LogP contribution in [0, 0.1) is 5.92 Å². The van der Waals surface area contributed by atoms with E-state index in [0.29, 0.717) is 11.7 Å². The molecular formula is C12H18O. The minimum absolute atomic E-state index is 0.426. The third-order valence-electron chi connectivity index (χ3n) is 2.17. The lowest BCUT2D eigenvalue weighted by atomic mass is 10.00. The highest BCUT2D eigenvalue weighted by Gasteiger charge is 2.02. The molecule has 1 nitrogen and oxygen atoms in total. The quantitative estimate of drug-likeness (QED) is 0.753. The maximum absolute atomic E-state index is 9.47. The molecule has 0 heterocycles. The van der Waals surface area contributed by atoms with Crippen molar-refractivity contribution >= 4 is 0 Å². The number of benzene rings is 1. The summed E-state index contributed by atoms with van der Waals surface area (Å²) in [5, 5.41) is 9.47. The molecule has 0 aromatic heterocycles. The number of hydrogen-bond donors (Lipinski definition) is 1. The Kier molecular flexibility index (Phi) is 3.35. The first-order valence-electron chi connectivity index (χ1n) is 4.94. The van der Waals surface area contributed by atoms with Crippen molar-refractivity contribution in [1.29, 1.82) is 0 Å². The fourth-order valence-electron chi connectivity index (χ4n) is 1.52. The maximum atomic E-state index is 9.47. The largest absolute Gasteiger partial charge is 0.508 e. The van der Waals surface area contributed by atoms with Crippen molar-refractivity contribution < 1.29 is 5.11 Å². The van der Waals surface area contributed by atoms with E-state index in [1.807, 2.05) is 6.07 Å². The molecule has 0 fully saturated rings. The maximum Gasteiger partial charge on any atom is 0.118 e. The average Bonchev–Trinajstić information content (AvgIpc) is 2.07. The first kappa shape index (κ1) is 10.1. The summed E-state index contributed by atoms with van der Waals surface area (Å²) in [6.45, 7) is 6.48. The van der Waals surface area contributed by atoms with Crippen molar-refractivity contribution in [3.05, 3.63) is 29.3 Å². The van der Waals surface area contributed by atoms with Crippen LogP contribution in [0.1, 0.15) is 31.9 Å². The van der Waals surface area contributed by atoms with Crippen LogP contribution in [0.15, 0.2) is 18.2 Å². The fourth-order valence-corrected chi connectivity index (χ4v) is 1.52. The summed E-state index contributed by atoms with van der Waals surface area (Å²) in [7, 11) is 0. The summed E-state index contributed by atoms with van der Waals surface area (Å²) < 4.78 is 0. The molecule has 13 heavy (non-hydrogen) atoms. The van der Waals surface area contributed by atoms with Gasteiger partial charge >= 0.3 is 0 Å². The molecule has 1 N–H and O–H groups in total. The molecule has 72 valence electrons. The summed E-state index contributed by atoms with van der Waals surface area (Å²) >= 11 is 0. The SMILES string of the molecule is CCc1cc(CC(C)C)ccc1O. The van der Waals surface area contributed by atoms with Crippen molar-refractivity contribution in [1.82, 2.24) is 0 Å². The minimum Gasteiger partial charge on any atom is -0.508 e. The van der Waals surface area contributed by atoms with Crippen LogP contribution in [-0.2, 0) is 12.8 Å². The Labute approximate surface area is 80.4 Å². The van der Waals surface area contributed by atoms with Gasteiger partial charge < -0.3 is 5.11 Å². The molecule has 0 saturated carbocycles. The number of hydrogen-bond acceptors (Lipinski definition) is 1. The first-order chi connectivity index (χ1) is 6.13. The highest BCUT2D eigenvalue weighted by molar-refractivity contribution is 5.36. The smallest absolute Gasteiger partial charge is 0.118 e. The second-order valence-electron chi connectivity index (χ2n) is 3.91. The van der Waals surface area contributed by atoms with Crippen LogP contribution >= 0.6 is 0 Å². The molecule has 0 spiro atoms. The molecule has 1 rings (SSSR count). The number of phenols is 1. The standard InChI is InChI=1S/C12H18O/c1-4-11-8-10(7-9(2)3)5-6-12(11)13/h5-6,8-9,13H,4,7H2,1-3H3. The molecule has 0 saturated heterocycles. The lowest BCUT2D eigenvalue weighted by Crippen LogP contribution is -1.95. The van der Waals surface area contributed by atoms with E-state index >= 15 is 0 Å². The highest BCUT2D eigenvalue weighted by Crippen LogP contribution is 2.20. The van der Waals surface area contributed by atoms with Crippen molar-refractivity contribution in [2.45, 2.75) is 33.6 Å². The monoisotopic (exact) mass is 178 g/mol. The van der Waals surface area contributed by atoms with Gasteiger partial charge in [0, 0.05) is 0 Å². The highest BCUT2D eigenvalue weighted by atomic mass is 16.3. The average molecular weight is 178 g/mol. The zero-order valence-electron chi connectivity index (χ0n) is 8.67. The summed E-state index contributed by atoms with van der Waals surface area (Å²) in [6.07, 6.45) is 1.99. The van der Waals surface area contributed by atoms with Gasteiger partial charge in [-0.1, -0.05) is 32.9 Å². The van der Waals surface area contributed by atoms with Crippen molar-refractivity contribution in [3.8, 4) is 5.75 Å². The Bertz CT molecular complexity index is 276. The molecule has 0 aliphatic rings. The van der Waals surface area contributed by atoms with Crippen LogP contribution in [-0.4, -0.2) is 5.11 Å². The predicted octanol–water partition coefficient (Wildman–Crippen LogP) is 3.15. The van der Waals surface area contributed by atoms with Crippen LogP contribution in [0.2, 0.25) is 0 Å². The fraction of sp³-hybridized carbons (Fsp3) is 0.500. The van der Waals surface area contributed by atoms with Crippen LogP contribution in [0.25, 0.3) is 0 Å². The normalized spacial score (nSPS) is 10.8. The molecule has 0 radical (unpaired) electrons. The second-order valence-corrected chi connectivity index (χ2v) is 3.91. The molecule has 0 aliphatic heterocycles. The van der Waals surface area contributed by atoms with Gasteiger partial charge in [0.25, 0.3) is 0 Å². The Hall–Kier alpha value is -0.980. The van der Waals surface area contributed by atoms with Crippen LogP contribution in [0.5, 0.6) is 5.75 Å². The minimum atomic E-state index is 0.426. The Morgan fingerprint density at radius 2 is 2.00 bits per heavy atom. The molecule has 1 aromatic rings. The van der Waals surface area contributed by atoms with Crippen LogP contribution in [0.3, 0.4) is 0 Å². The Morgan fingerprint density at radius 3 is 2.54 bits per heavy atom. The van der Waals surface area contributed by atoms with Gasteiger partial charge in [-0.15, -0.1) is 0 Å². The van der Waals surface area contributed by atoms with E-state index in [2.05, 4.69) is 26.8 Å². The molecular weight excluding hydrogens is 160 g/mol. The summed E-state index contributed by atoms with van der Waals surface area (Å²) in [4.78, 5) is 0. The number of rotatable bonds is 3. The van der Waals surface area contributed by atoms with E-state index in [0.717, 1.165) is 18.4 Å². The van der Waals surface area contributed by atoms with Gasteiger partial charge in [-0.25, -0.2) is 0 Å². The molecule has 0 aliphatic carbocycles. The summed E-state index contributed by atoms with van der Waals surface area (Å²) in [5.74, 6) is 1.10. The topological polar surface area (TPSA) is 20.2 Å². The zero-order chi connectivity index (χ0) is 9.84. The van der Waals surface area contributed by atoms with E-state index in [-0.39, 0.29) is 0 Å². The lowest BCUT2D eigenvalue weighted by Gasteiger charge is -2.07. The summed E-state index contributed by atoms with van der Waals surface area (Å²) in [6, 6.07) is 5.92. The van der Waals surface area contributed by atoms with Gasteiger partial charge in [-0.3, -0.25) is 0 Å². The van der Waals surface area contributed by atoms with Gasteiger partial charge in [-0.2, -0.15) is 0 Å². The summed E-state index contributed by atoms with van der Waals surface area (Å²) in [5.41, 5.74) is 2.38. The number of phenolic OH excluding ortho intramolecular Hbond substituents is 1. The molecule has 1 aromatic carbocycles. The van der Waals surface area contributed by atoms with Crippen molar-refractivity contribution in [3.63, 3.8) is 0 Å². The third-order valence-corrected chi connectivity index (χ3v) is 2.17. The molecule has 0 unspecified atom stereocenters. The van der Waals surface area contributed by atoms with E-state index in [9.17, 15) is 5.11 Å². The first-order valence-corrected chi connectivity index (χ1v) is 4.94. The van der Waals surface area contributed by atoms with Crippen LogP contribution in [0.4, 0.5) is 0 Å². The van der Waals surface area contributed by atoms with E-state index < -0.39 is 0 Å². The number of aryl methyl sites for hydroxylation is 1. The molecule has 0 bridgehead atoms. The van der Waals surface area contributed by atoms with Crippen molar-refractivity contribution in [2.24, 2.45) is 5.92 Å². The number of aromatic hydroxyl groups is 1. The Morgan fingerprint density at radius 1 is 1.31 bits per heavy atom.